The molecule has 0 amide bonds. The van der Waals surface area contributed by atoms with Crippen LogP contribution in [0.5, 0.6) is 0 Å². The lowest BCUT2D eigenvalue weighted by atomic mass is 10.2. The lowest BCUT2D eigenvalue weighted by molar-refractivity contribution is 0.315. The maximum absolute atomic E-state index is 5.97. The normalized spacial score (nSPS) is 20.8. The average Bonchev–Trinajstić information content (AvgIpc) is 2.70. The van der Waals surface area contributed by atoms with Gasteiger partial charge in [-0.2, -0.15) is 0 Å². The molecule has 1 aliphatic heterocycles. The Labute approximate surface area is 97.1 Å². The SMILES string of the molecule is Cc1ccc(N)c(N2CCC(N(C)C)C2)n1. The summed E-state index contributed by atoms with van der Waals surface area (Å²) < 4.78 is 0. The molecule has 4 heteroatoms. The lowest BCUT2D eigenvalue weighted by Crippen LogP contribution is -2.32. The van der Waals surface area contributed by atoms with Gasteiger partial charge >= 0.3 is 0 Å². The number of nitrogen functional groups attached to an aromatic ring is 1. The van der Waals surface area contributed by atoms with E-state index in [1.807, 2.05) is 19.1 Å². The lowest BCUT2D eigenvalue weighted by Gasteiger charge is -2.22. The number of rotatable bonds is 2. The summed E-state index contributed by atoms with van der Waals surface area (Å²) in [6.07, 6.45) is 1.18. The number of nitrogens with two attached hydrogens (primary N) is 1. The second-order valence-corrected chi connectivity index (χ2v) is 4.72. The molecule has 0 radical (unpaired) electrons. The molecule has 1 saturated heterocycles. The van der Waals surface area contributed by atoms with Crippen LogP contribution in [0.25, 0.3) is 0 Å². The Balaban J connectivity index is 2.17. The summed E-state index contributed by atoms with van der Waals surface area (Å²) in [7, 11) is 4.25. The predicted octanol–water partition coefficient (Wildman–Crippen LogP) is 1.11. The molecule has 0 spiro atoms. The van der Waals surface area contributed by atoms with Crippen LogP contribution in [0.15, 0.2) is 12.1 Å². The molecule has 2 N–H and O–H groups in total. The second kappa shape index (κ2) is 4.29. The van der Waals surface area contributed by atoms with Gasteiger partial charge in [-0.15, -0.1) is 0 Å². The molecular weight excluding hydrogens is 200 g/mol. The molecule has 1 unspecified atom stereocenters. The summed E-state index contributed by atoms with van der Waals surface area (Å²) in [4.78, 5) is 9.09. The first-order valence-electron chi connectivity index (χ1n) is 5.72. The van der Waals surface area contributed by atoms with E-state index in [9.17, 15) is 0 Å². The number of nitrogens with zero attached hydrogens (tertiary/aromatic N) is 3. The van der Waals surface area contributed by atoms with Gasteiger partial charge in [0, 0.05) is 24.8 Å². The van der Waals surface area contributed by atoms with Gasteiger partial charge < -0.3 is 15.5 Å². The number of likely N-dealkylation sites (N-methyl/N-ethyl adjacent to an activating group) is 1. The van der Waals surface area contributed by atoms with Gasteiger partial charge in [0.25, 0.3) is 0 Å². The van der Waals surface area contributed by atoms with Crippen LogP contribution < -0.4 is 10.6 Å². The Morgan fingerprint density at radius 2 is 2.19 bits per heavy atom. The van der Waals surface area contributed by atoms with Crippen LogP contribution >= 0.6 is 0 Å². The summed E-state index contributed by atoms with van der Waals surface area (Å²) >= 11 is 0. The van der Waals surface area contributed by atoms with E-state index in [-0.39, 0.29) is 0 Å². The first-order chi connectivity index (χ1) is 7.58. The molecular formula is C12H20N4. The van der Waals surface area contributed by atoms with Crippen molar-refractivity contribution in [2.45, 2.75) is 19.4 Å². The Morgan fingerprint density at radius 3 is 2.81 bits per heavy atom. The second-order valence-electron chi connectivity index (χ2n) is 4.72. The first-order valence-corrected chi connectivity index (χ1v) is 5.72. The maximum Gasteiger partial charge on any atom is 0.152 e. The molecule has 2 rings (SSSR count). The molecule has 1 fully saturated rings. The van der Waals surface area contributed by atoms with Crippen LogP contribution in [-0.2, 0) is 0 Å². The minimum atomic E-state index is 0.613. The van der Waals surface area contributed by atoms with Gasteiger partial charge in [0.05, 0.1) is 5.69 Å². The Hall–Kier alpha value is -1.29. The quantitative estimate of drug-likeness (QED) is 0.811. The van der Waals surface area contributed by atoms with Gasteiger partial charge in [0.15, 0.2) is 5.82 Å². The number of hydrogen-bond donors (Lipinski definition) is 1. The predicted molar refractivity (Wildman–Crippen MR) is 67.7 cm³/mol. The van der Waals surface area contributed by atoms with Gasteiger partial charge in [-0.3, -0.25) is 0 Å². The van der Waals surface area contributed by atoms with E-state index in [0.29, 0.717) is 6.04 Å². The molecule has 0 bridgehead atoms. The number of pyridine rings is 1. The molecule has 1 aliphatic rings. The van der Waals surface area contributed by atoms with Crippen molar-refractivity contribution in [1.82, 2.24) is 9.88 Å². The number of hydrogen-bond acceptors (Lipinski definition) is 4. The van der Waals surface area contributed by atoms with E-state index in [1.54, 1.807) is 0 Å². The third-order valence-electron chi connectivity index (χ3n) is 3.24. The fraction of sp³-hybridized carbons (Fsp3) is 0.583. The van der Waals surface area contributed by atoms with Crippen molar-refractivity contribution < 1.29 is 0 Å². The van der Waals surface area contributed by atoms with Crippen molar-refractivity contribution in [3.8, 4) is 0 Å². The molecule has 16 heavy (non-hydrogen) atoms. The van der Waals surface area contributed by atoms with Gasteiger partial charge in [0.1, 0.15) is 0 Å². The fourth-order valence-corrected chi connectivity index (χ4v) is 2.16. The van der Waals surface area contributed by atoms with Crippen LogP contribution in [-0.4, -0.2) is 43.1 Å². The summed E-state index contributed by atoms with van der Waals surface area (Å²) in [5.41, 5.74) is 7.78. The van der Waals surface area contributed by atoms with Crippen molar-refractivity contribution in [1.29, 1.82) is 0 Å². The van der Waals surface area contributed by atoms with Gasteiger partial charge in [-0.05, 0) is 39.6 Å². The van der Waals surface area contributed by atoms with Crippen LogP contribution in [0.1, 0.15) is 12.1 Å². The highest BCUT2D eigenvalue weighted by atomic mass is 15.3. The maximum atomic E-state index is 5.97. The topological polar surface area (TPSA) is 45.4 Å². The highest BCUT2D eigenvalue weighted by Crippen LogP contribution is 2.25. The number of aromatic nitrogens is 1. The minimum absolute atomic E-state index is 0.613. The van der Waals surface area contributed by atoms with Crippen molar-refractivity contribution >= 4 is 11.5 Å². The van der Waals surface area contributed by atoms with Crippen LogP contribution in [0.4, 0.5) is 11.5 Å². The highest BCUT2D eigenvalue weighted by molar-refractivity contribution is 5.63. The monoisotopic (exact) mass is 220 g/mol. The zero-order chi connectivity index (χ0) is 11.7. The van der Waals surface area contributed by atoms with Crippen LogP contribution in [0.3, 0.4) is 0 Å². The molecule has 0 saturated carbocycles. The third kappa shape index (κ3) is 2.11. The van der Waals surface area contributed by atoms with E-state index in [0.717, 1.165) is 30.3 Å². The molecule has 1 atom stereocenters. The van der Waals surface area contributed by atoms with E-state index in [2.05, 4.69) is 28.9 Å². The van der Waals surface area contributed by atoms with Crippen LogP contribution in [0, 0.1) is 6.92 Å². The van der Waals surface area contributed by atoms with Crippen molar-refractivity contribution in [2.75, 3.05) is 37.8 Å². The Kier molecular flexibility index (Phi) is 3.01. The minimum Gasteiger partial charge on any atom is -0.396 e. The number of anilines is 2. The highest BCUT2D eigenvalue weighted by Gasteiger charge is 2.25. The largest absolute Gasteiger partial charge is 0.396 e. The molecule has 0 aromatic carbocycles. The van der Waals surface area contributed by atoms with Gasteiger partial charge in [0.2, 0.25) is 0 Å². The molecule has 88 valence electrons. The van der Waals surface area contributed by atoms with E-state index in [1.165, 1.54) is 6.42 Å². The summed E-state index contributed by atoms with van der Waals surface area (Å²) in [6.45, 7) is 4.07. The summed E-state index contributed by atoms with van der Waals surface area (Å²) in [5.74, 6) is 0.948. The van der Waals surface area contributed by atoms with Crippen molar-refractivity contribution in [2.24, 2.45) is 0 Å². The third-order valence-corrected chi connectivity index (χ3v) is 3.24. The standard InChI is InChI=1S/C12H20N4/c1-9-4-5-11(13)12(14-9)16-7-6-10(8-16)15(2)3/h4-5,10H,6-8,13H2,1-3H3. The Bertz CT molecular complexity index is 375. The van der Waals surface area contributed by atoms with E-state index >= 15 is 0 Å². The first kappa shape index (κ1) is 11.2. The zero-order valence-corrected chi connectivity index (χ0v) is 10.3. The fourth-order valence-electron chi connectivity index (χ4n) is 2.16. The van der Waals surface area contributed by atoms with Gasteiger partial charge in [-0.1, -0.05) is 0 Å². The summed E-state index contributed by atoms with van der Waals surface area (Å²) in [6, 6.07) is 4.51. The molecule has 0 aliphatic carbocycles. The van der Waals surface area contributed by atoms with E-state index < -0.39 is 0 Å². The van der Waals surface area contributed by atoms with Crippen LogP contribution in [0.2, 0.25) is 0 Å². The van der Waals surface area contributed by atoms with E-state index in [4.69, 9.17) is 5.73 Å². The van der Waals surface area contributed by atoms with Crippen molar-refractivity contribution in [3.63, 3.8) is 0 Å². The van der Waals surface area contributed by atoms with Crippen molar-refractivity contribution in [3.05, 3.63) is 17.8 Å². The van der Waals surface area contributed by atoms with Gasteiger partial charge in [-0.25, -0.2) is 4.98 Å². The molecule has 1 aromatic heterocycles. The summed E-state index contributed by atoms with van der Waals surface area (Å²) in [5, 5.41) is 0. The Morgan fingerprint density at radius 1 is 1.44 bits per heavy atom. The average molecular weight is 220 g/mol. The number of aryl methyl sites for hydroxylation is 1. The molecule has 4 nitrogen and oxygen atoms in total. The molecule has 1 aromatic rings. The smallest absolute Gasteiger partial charge is 0.152 e. The molecule has 2 heterocycles. The zero-order valence-electron chi connectivity index (χ0n) is 10.3.